The van der Waals surface area contributed by atoms with Crippen LogP contribution in [0.3, 0.4) is 0 Å². The highest BCUT2D eigenvalue weighted by Crippen LogP contribution is 2.35. The van der Waals surface area contributed by atoms with E-state index in [2.05, 4.69) is 33.0 Å². The second-order valence-corrected chi connectivity index (χ2v) is 5.41. The molecule has 3 nitrogen and oxygen atoms in total. The molecule has 0 saturated heterocycles. The summed E-state index contributed by atoms with van der Waals surface area (Å²) in [6.07, 6.45) is 0.878. The zero-order chi connectivity index (χ0) is 12.8. The lowest BCUT2D eigenvalue weighted by atomic mass is 9.73. The molecule has 16 heavy (non-hydrogen) atoms. The first-order valence-corrected chi connectivity index (χ1v) is 6.16. The zero-order valence-corrected chi connectivity index (χ0v) is 11.6. The van der Waals surface area contributed by atoms with Gasteiger partial charge in [-0.25, -0.2) is 0 Å². The molecule has 0 amide bonds. The van der Waals surface area contributed by atoms with Crippen molar-refractivity contribution in [3.8, 4) is 0 Å². The van der Waals surface area contributed by atoms with Crippen LogP contribution in [-0.2, 0) is 9.53 Å². The molecule has 0 radical (unpaired) electrons. The predicted molar refractivity (Wildman–Crippen MR) is 67.3 cm³/mol. The number of nitrogens with one attached hydrogen (secondary N) is 1. The smallest absolute Gasteiger partial charge is 0.312 e. The van der Waals surface area contributed by atoms with E-state index in [1.54, 1.807) is 0 Å². The van der Waals surface area contributed by atoms with E-state index in [9.17, 15) is 4.79 Å². The van der Waals surface area contributed by atoms with Crippen LogP contribution < -0.4 is 5.32 Å². The van der Waals surface area contributed by atoms with E-state index in [1.807, 2.05) is 14.0 Å². The molecule has 0 spiro atoms. The van der Waals surface area contributed by atoms with Gasteiger partial charge in [-0.15, -0.1) is 0 Å². The first-order chi connectivity index (χ1) is 7.34. The van der Waals surface area contributed by atoms with Crippen LogP contribution in [0.5, 0.6) is 0 Å². The monoisotopic (exact) mass is 229 g/mol. The van der Waals surface area contributed by atoms with Crippen LogP contribution >= 0.6 is 0 Å². The first kappa shape index (κ1) is 15.4. The summed E-state index contributed by atoms with van der Waals surface area (Å²) in [4.78, 5) is 12.1. The third kappa shape index (κ3) is 4.52. The molecule has 1 unspecified atom stereocenters. The van der Waals surface area contributed by atoms with E-state index in [1.165, 1.54) is 0 Å². The fraction of sp³-hybridized carbons (Fsp3) is 0.923. The topological polar surface area (TPSA) is 38.3 Å². The molecule has 3 heteroatoms. The van der Waals surface area contributed by atoms with Crippen LogP contribution in [0.4, 0.5) is 0 Å². The van der Waals surface area contributed by atoms with Crippen LogP contribution in [0.15, 0.2) is 0 Å². The maximum absolute atomic E-state index is 12.1. The minimum Gasteiger partial charge on any atom is -0.464 e. The quantitative estimate of drug-likeness (QED) is 0.538. The lowest BCUT2D eigenvalue weighted by Crippen LogP contribution is -2.37. The Kier molecular flexibility index (Phi) is 6.65. The summed E-state index contributed by atoms with van der Waals surface area (Å²) in [6, 6.07) is 0. The Morgan fingerprint density at radius 2 is 1.88 bits per heavy atom. The highest BCUT2D eigenvalue weighted by atomic mass is 16.5. The van der Waals surface area contributed by atoms with Crippen molar-refractivity contribution in [2.24, 2.45) is 17.3 Å². The van der Waals surface area contributed by atoms with Crippen molar-refractivity contribution in [2.75, 3.05) is 20.2 Å². The molecular weight excluding hydrogens is 202 g/mol. The van der Waals surface area contributed by atoms with Gasteiger partial charge in [0.25, 0.3) is 0 Å². The number of carbonyl (C=O) groups excluding carboxylic acids is 1. The standard InChI is InChI=1S/C13H27NO2/c1-10(2)9-13(5,11(3)4)12(15)16-8-7-14-6/h10-11,14H,7-9H2,1-6H3. The van der Waals surface area contributed by atoms with E-state index in [0.717, 1.165) is 6.42 Å². The number of carbonyl (C=O) groups is 1. The third-order valence-corrected chi connectivity index (χ3v) is 3.16. The fourth-order valence-corrected chi connectivity index (χ4v) is 1.81. The third-order valence-electron chi connectivity index (χ3n) is 3.16. The molecule has 0 aromatic rings. The SMILES string of the molecule is CNCCOC(=O)C(C)(CC(C)C)C(C)C. The van der Waals surface area contributed by atoms with Gasteiger partial charge < -0.3 is 10.1 Å². The van der Waals surface area contributed by atoms with Gasteiger partial charge in [0.2, 0.25) is 0 Å². The van der Waals surface area contributed by atoms with Crippen LogP contribution in [-0.4, -0.2) is 26.2 Å². The fourth-order valence-electron chi connectivity index (χ4n) is 1.81. The Hall–Kier alpha value is -0.570. The van der Waals surface area contributed by atoms with Crippen LogP contribution in [0, 0.1) is 17.3 Å². The molecule has 1 atom stereocenters. The van der Waals surface area contributed by atoms with Gasteiger partial charge in [-0.3, -0.25) is 4.79 Å². The van der Waals surface area contributed by atoms with Crippen molar-refractivity contribution in [1.82, 2.24) is 5.32 Å². The second-order valence-electron chi connectivity index (χ2n) is 5.41. The molecule has 0 aliphatic carbocycles. The molecule has 0 rings (SSSR count). The van der Waals surface area contributed by atoms with E-state index in [4.69, 9.17) is 4.74 Å². The predicted octanol–water partition coefficient (Wildman–Crippen LogP) is 2.46. The summed E-state index contributed by atoms with van der Waals surface area (Å²) < 4.78 is 5.31. The largest absolute Gasteiger partial charge is 0.464 e. The maximum Gasteiger partial charge on any atom is 0.312 e. The summed E-state index contributed by atoms with van der Waals surface area (Å²) in [6.45, 7) is 11.6. The van der Waals surface area contributed by atoms with Crippen molar-refractivity contribution < 1.29 is 9.53 Å². The number of rotatable bonds is 7. The zero-order valence-electron chi connectivity index (χ0n) is 11.6. The van der Waals surface area contributed by atoms with Gasteiger partial charge in [0, 0.05) is 6.54 Å². The van der Waals surface area contributed by atoms with Crippen molar-refractivity contribution >= 4 is 5.97 Å². The highest BCUT2D eigenvalue weighted by molar-refractivity contribution is 5.76. The number of ether oxygens (including phenoxy) is 1. The van der Waals surface area contributed by atoms with E-state index in [-0.39, 0.29) is 11.4 Å². The Morgan fingerprint density at radius 1 is 1.31 bits per heavy atom. The average Bonchev–Trinajstić information content (AvgIpc) is 2.16. The summed E-state index contributed by atoms with van der Waals surface area (Å²) >= 11 is 0. The molecule has 1 N–H and O–H groups in total. The molecule has 0 fully saturated rings. The van der Waals surface area contributed by atoms with Crippen LogP contribution in [0.1, 0.15) is 41.0 Å². The Bertz CT molecular complexity index is 214. The van der Waals surface area contributed by atoms with Crippen LogP contribution in [0.2, 0.25) is 0 Å². The molecule has 0 saturated carbocycles. The number of hydrogen-bond donors (Lipinski definition) is 1. The van der Waals surface area contributed by atoms with Crippen LogP contribution in [0.25, 0.3) is 0 Å². The van der Waals surface area contributed by atoms with Gasteiger partial charge in [-0.2, -0.15) is 0 Å². The normalized spacial score (nSPS) is 15.2. The van der Waals surface area contributed by atoms with Crippen molar-refractivity contribution in [3.05, 3.63) is 0 Å². The summed E-state index contributed by atoms with van der Waals surface area (Å²) in [5, 5.41) is 2.97. The molecule has 0 aliphatic rings. The van der Waals surface area contributed by atoms with Crippen molar-refractivity contribution in [1.29, 1.82) is 0 Å². The Morgan fingerprint density at radius 3 is 2.25 bits per heavy atom. The maximum atomic E-state index is 12.1. The molecule has 0 bridgehead atoms. The number of likely N-dealkylation sites (N-methyl/N-ethyl adjacent to an activating group) is 1. The average molecular weight is 229 g/mol. The lowest BCUT2D eigenvalue weighted by Gasteiger charge is -2.32. The molecule has 0 aromatic carbocycles. The minimum atomic E-state index is -0.359. The highest BCUT2D eigenvalue weighted by Gasteiger charge is 2.38. The van der Waals surface area contributed by atoms with Gasteiger partial charge in [-0.1, -0.05) is 27.7 Å². The minimum absolute atomic E-state index is 0.0635. The summed E-state index contributed by atoms with van der Waals surface area (Å²) in [7, 11) is 1.85. The Balaban J connectivity index is 4.45. The van der Waals surface area contributed by atoms with Gasteiger partial charge in [0.15, 0.2) is 0 Å². The van der Waals surface area contributed by atoms with Gasteiger partial charge in [-0.05, 0) is 32.2 Å². The lowest BCUT2D eigenvalue weighted by molar-refractivity contribution is -0.158. The van der Waals surface area contributed by atoms with Crippen molar-refractivity contribution in [3.63, 3.8) is 0 Å². The van der Waals surface area contributed by atoms with Gasteiger partial charge in [0.05, 0.1) is 5.41 Å². The number of esters is 1. The molecule has 96 valence electrons. The van der Waals surface area contributed by atoms with E-state index < -0.39 is 0 Å². The molecule has 0 aliphatic heterocycles. The number of hydrogen-bond acceptors (Lipinski definition) is 3. The Labute approximate surface area is 99.9 Å². The van der Waals surface area contributed by atoms with Crippen molar-refractivity contribution in [2.45, 2.75) is 41.0 Å². The summed E-state index contributed by atoms with van der Waals surface area (Å²) in [5.74, 6) is 0.743. The summed E-state index contributed by atoms with van der Waals surface area (Å²) in [5.41, 5.74) is -0.359. The van der Waals surface area contributed by atoms with E-state index in [0.29, 0.717) is 25.0 Å². The first-order valence-electron chi connectivity index (χ1n) is 6.16. The van der Waals surface area contributed by atoms with Gasteiger partial charge >= 0.3 is 5.97 Å². The molecule has 0 heterocycles. The molecular formula is C13H27NO2. The van der Waals surface area contributed by atoms with Gasteiger partial charge in [0.1, 0.15) is 6.61 Å². The molecule has 0 aromatic heterocycles. The van der Waals surface area contributed by atoms with E-state index >= 15 is 0 Å². The second kappa shape index (κ2) is 6.89.